The van der Waals surface area contributed by atoms with Gasteiger partial charge < -0.3 is 19.5 Å². The fraction of sp³-hybridized carbons (Fsp3) is 0.444. The average molecular weight is 387 g/mol. The number of allylic oxidation sites excluding steroid dienone is 1. The summed E-state index contributed by atoms with van der Waals surface area (Å²) in [6, 6.07) is 2.85. The second-order valence-electron chi connectivity index (χ2n) is 6.23. The number of hydrogen-bond donors (Lipinski definition) is 1. The maximum absolute atomic E-state index is 13.3. The zero-order chi connectivity index (χ0) is 20.4. The molecule has 9 heteroatoms. The summed E-state index contributed by atoms with van der Waals surface area (Å²) < 4.78 is 50.4. The zero-order valence-electron chi connectivity index (χ0n) is 14.9. The lowest BCUT2D eigenvalue weighted by Gasteiger charge is -2.27. The lowest BCUT2D eigenvalue weighted by Crippen LogP contribution is -2.47. The van der Waals surface area contributed by atoms with Crippen molar-refractivity contribution in [2.45, 2.75) is 19.0 Å². The fourth-order valence-electron chi connectivity index (χ4n) is 3.17. The van der Waals surface area contributed by atoms with E-state index in [0.29, 0.717) is 17.7 Å². The molecule has 1 atom stereocenters. The van der Waals surface area contributed by atoms with Crippen LogP contribution in [0, 0.1) is 5.41 Å². The van der Waals surface area contributed by atoms with E-state index in [1.54, 1.807) is 6.08 Å². The van der Waals surface area contributed by atoms with E-state index in [2.05, 4.69) is 6.58 Å². The number of carboxylic acids is 1. The predicted octanol–water partition coefficient (Wildman–Crippen LogP) is 2.91. The third-order valence-corrected chi connectivity index (χ3v) is 4.68. The number of alkyl halides is 3. The Morgan fingerprint density at radius 1 is 1.33 bits per heavy atom. The van der Waals surface area contributed by atoms with E-state index in [9.17, 15) is 22.8 Å². The molecule has 1 heterocycles. The van der Waals surface area contributed by atoms with Gasteiger partial charge in [0, 0.05) is 24.2 Å². The van der Waals surface area contributed by atoms with Gasteiger partial charge in [0.25, 0.3) is 5.91 Å². The third-order valence-electron chi connectivity index (χ3n) is 4.68. The highest BCUT2D eigenvalue weighted by atomic mass is 19.4. The molecule has 0 aromatic heterocycles. The van der Waals surface area contributed by atoms with Crippen molar-refractivity contribution in [2.24, 2.45) is 5.41 Å². The van der Waals surface area contributed by atoms with E-state index in [0.717, 1.165) is 4.90 Å². The summed E-state index contributed by atoms with van der Waals surface area (Å²) in [5, 5.41) is 9.13. The van der Waals surface area contributed by atoms with E-state index in [1.807, 2.05) is 0 Å². The molecule has 1 amide bonds. The first-order valence-electron chi connectivity index (χ1n) is 8.06. The SMILES string of the molecule is C=CCc1cc(C(=O)N2CCC(C(=O)O)(C(F)(F)F)C2)cc(OC)c1OC. The van der Waals surface area contributed by atoms with Crippen molar-refractivity contribution < 1.29 is 37.3 Å². The number of ether oxygens (including phenoxy) is 2. The molecule has 27 heavy (non-hydrogen) atoms. The highest BCUT2D eigenvalue weighted by Crippen LogP contribution is 2.46. The fourth-order valence-corrected chi connectivity index (χ4v) is 3.17. The number of halogens is 3. The van der Waals surface area contributed by atoms with Crippen LogP contribution in [0.15, 0.2) is 24.8 Å². The van der Waals surface area contributed by atoms with Gasteiger partial charge in [-0.2, -0.15) is 13.2 Å². The number of aliphatic carboxylic acids is 1. The van der Waals surface area contributed by atoms with Crippen molar-refractivity contribution >= 4 is 11.9 Å². The number of nitrogens with zero attached hydrogens (tertiary/aromatic N) is 1. The summed E-state index contributed by atoms with van der Waals surface area (Å²) in [5.41, 5.74) is -2.29. The topological polar surface area (TPSA) is 76.1 Å². The predicted molar refractivity (Wildman–Crippen MR) is 90.1 cm³/mol. The normalized spacial score (nSPS) is 19.7. The van der Waals surface area contributed by atoms with Crippen LogP contribution in [-0.4, -0.2) is 55.4 Å². The second-order valence-corrected chi connectivity index (χ2v) is 6.23. The molecule has 1 aliphatic heterocycles. The maximum atomic E-state index is 13.3. The van der Waals surface area contributed by atoms with Crippen LogP contribution >= 0.6 is 0 Å². The van der Waals surface area contributed by atoms with Gasteiger partial charge in [0.15, 0.2) is 16.9 Å². The minimum atomic E-state index is -4.96. The van der Waals surface area contributed by atoms with Crippen molar-refractivity contribution in [1.29, 1.82) is 0 Å². The van der Waals surface area contributed by atoms with E-state index >= 15 is 0 Å². The summed E-state index contributed by atoms with van der Waals surface area (Å²) in [5.74, 6) is -2.04. The number of rotatable bonds is 6. The van der Waals surface area contributed by atoms with Gasteiger partial charge in [-0.25, -0.2) is 0 Å². The molecular weight excluding hydrogens is 367 g/mol. The minimum absolute atomic E-state index is 0.0906. The molecule has 0 bridgehead atoms. The number of amides is 1. The van der Waals surface area contributed by atoms with E-state index in [-0.39, 0.29) is 17.9 Å². The highest BCUT2D eigenvalue weighted by molar-refractivity contribution is 5.96. The van der Waals surface area contributed by atoms with Crippen LogP contribution in [0.2, 0.25) is 0 Å². The number of hydrogen-bond acceptors (Lipinski definition) is 4. The third kappa shape index (κ3) is 3.58. The van der Waals surface area contributed by atoms with Crippen LogP contribution in [0.4, 0.5) is 13.2 Å². The molecule has 2 rings (SSSR count). The minimum Gasteiger partial charge on any atom is -0.493 e. The molecule has 0 radical (unpaired) electrons. The molecule has 1 aromatic rings. The van der Waals surface area contributed by atoms with Gasteiger partial charge in [0.2, 0.25) is 0 Å². The van der Waals surface area contributed by atoms with E-state index in [4.69, 9.17) is 14.6 Å². The summed E-state index contributed by atoms with van der Waals surface area (Å²) in [4.78, 5) is 24.9. The van der Waals surface area contributed by atoms with Crippen LogP contribution in [0.5, 0.6) is 11.5 Å². The lowest BCUT2D eigenvalue weighted by atomic mass is 9.86. The van der Waals surface area contributed by atoms with Gasteiger partial charge >= 0.3 is 12.1 Å². The van der Waals surface area contributed by atoms with Crippen molar-refractivity contribution in [1.82, 2.24) is 4.90 Å². The Balaban J connectivity index is 2.40. The number of carbonyl (C=O) groups excluding carboxylic acids is 1. The van der Waals surface area contributed by atoms with Crippen LogP contribution in [0.1, 0.15) is 22.3 Å². The Labute approximate surface area is 154 Å². The average Bonchev–Trinajstić information content (AvgIpc) is 3.07. The van der Waals surface area contributed by atoms with Gasteiger partial charge in [0.05, 0.1) is 14.2 Å². The Bertz CT molecular complexity index is 762. The number of likely N-dealkylation sites (tertiary alicyclic amines) is 1. The van der Waals surface area contributed by atoms with Crippen molar-refractivity contribution in [3.8, 4) is 11.5 Å². The van der Waals surface area contributed by atoms with E-state index < -0.39 is 36.4 Å². The first-order valence-corrected chi connectivity index (χ1v) is 8.06. The Morgan fingerprint density at radius 2 is 2.00 bits per heavy atom. The van der Waals surface area contributed by atoms with Gasteiger partial charge in [-0.15, -0.1) is 6.58 Å². The largest absolute Gasteiger partial charge is 0.493 e. The highest BCUT2D eigenvalue weighted by Gasteiger charge is 2.64. The van der Waals surface area contributed by atoms with Gasteiger partial charge in [-0.3, -0.25) is 9.59 Å². The van der Waals surface area contributed by atoms with Crippen molar-refractivity contribution in [3.63, 3.8) is 0 Å². The van der Waals surface area contributed by atoms with Crippen LogP contribution in [0.3, 0.4) is 0 Å². The molecule has 0 aliphatic carbocycles. The summed E-state index contributed by atoms with van der Waals surface area (Å²) in [6.07, 6.45) is -3.72. The molecule has 1 unspecified atom stereocenters. The molecule has 1 aromatic carbocycles. The number of carbonyl (C=O) groups is 2. The first kappa shape index (κ1) is 20.6. The van der Waals surface area contributed by atoms with Crippen molar-refractivity contribution in [2.75, 3.05) is 27.3 Å². The van der Waals surface area contributed by atoms with Crippen LogP contribution < -0.4 is 9.47 Å². The monoisotopic (exact) mass is 387 g/mol. The molecule has 1 N–H and O–H groups in total. The van der Waals surface area contributed by atoms with Gasteiger partial charge in [-0.1, -0.05) is 6.08 Å². The van der Waals surface area contributed by atoms with Crippen LogP contribution in [-0.2, 0) is 11.2 Å². The van der Waals surface area contributed by atoms with E-state index in [1.165, 1.54) is 26.4 Å². The Kier molecular flexibility index (Phi) is 5.72. The molecule has 1 fully saturated rings. The van der Waals surface area contributed by atoms with Gasteiger partial charge in [-0.05, 0) is 25.0 Å². The standard InChI is InChI=1S/C18H20F3NO5/c1-4-5-11-8-12(9-13(26-2)14(11)27-3)15(23)22-7-6-17(10-22,16(24)25)18(19,20)21/h4,8-9H,1,5-7,10H2,2-3H3,(H,24,25). The smallest absolute Gasteiger partial charge is 0.406 e. The lowest BCUT2D eigenvalue weighted by molar-refractivity contribution is -0.227. The quantitative estimate of drug-likeness (QED) is 0.760. The molecular formula is C18H20F3NO5. The molecule has 1 saturated heterocycles. The summed E-state index contributed by atoms with van der Waals surface area (Å²) in [6.45, 7) is 2.38. The molecule has 0 spiro atoms. The Hall–Kier alpha value is -2.71. The molecule has 148 valence electrons. The maximum Gasteiger partial charge on any atom is 0.406 e. The molecule has 1 aliphatic rings. The van der Waals surface area contributed by atoms with Gasteiger partial charge in [0.1, 0.15) is 0 Å². The number of methoxy groups -OCH3 is 2. The molecule has 6 nitrogen and oxygen atoms in total. The Morgan fingerprint density at radius 3 is 2.44 bits per heavy atom. The second kappa shape index (κ2) is 7.50. The summed E-state index contributed by atoms with van der Waals surface area (Å²) >= 11 is 0. The molecule has 0 saturated carbocycles. The van der Waals surface area contributed by atoms with Crippen molar-refractivity contribution in [3.05, 3.63) is 35.9 Å². The first-order chi connectivity index (χ1) is 12.6. The number of benzene rings is 1. The summed E-state index contributed by atoms with van der Waals surface area (Å²) in [7, 11) is 2.80. The number of carboxylic acid groups (broad SMARTS) is 1. The van der Waals surface area contributed by atoms with Crippen LogP contribution in [0.25, 0.3) is 0 Å². The zero-order valence-corrected chi connectivity index (χ0v) is 14.9.